The zero-order valence-electron chi connectivity index (χ0n) is 15.6. The van der Waals surface area contributed by atoms with E-state index in [9.17, 15) is 0 Å². The predicted molar refractivity (Wildman–Crippen MR) is 111 cm³/mol. The number of ether oxygens (including phenoxy) is 1. The van der Waals surface area contributed by atoms with Gasteiger partial charge in [0.2, 0.25) is 0 Å². The second-order valence-corrected chi connectivity index (χ2v) is 6.96. The van der Waals surface area contributed by atoms with Gasteiger partial charge in [-0.15, -0.1) is 0 Å². The molecule has 2 aromatic rings. The van der Waals surface area contributed by atoms with Gasteiger partial charge in [-0.3, -0.25) is 5.43 Å². The molecule has 0 bridgehead atoms. The molecule has 1 atom stereocenters. The topological polar surface area (TPSA) is 63.5 Å². The van der Waals surface area contributed by atoms with Crippen molar-refractivity contribution in [3.63, 3.8) is 0 Å². The molecule has 140 valence electrons. The van der Waals surface area contributed by atoms with Crippen molar-refractivity contribution in [2.45, 2.75) is 33.7 Å². The molecule has 0 aliphatic carbocycles. The van der Waals surface area contributed by atoms with Crippen LogP contribution < -0.4 is 10.7 Å². The van der Waals surface area contributed by atoms with E-state index in [-0.39, 0.29) is 6.04 Å². The first-order valence-electron chi connectivity index (χ1n) is 8.24. The average molecular weight is 394 g/mol. The number of hydrogen-bond acceptors (Lipinski definition) is 4. The number of thiocarbonyl (C=S) groups is 1. The molecular formula is C18H24ClN5OS. The van der Waals surface area contributed by atoms with Gasteiger partial charge in [0.1, 0.15) is 5.15 Å². The predicted octanol–water partition coefficient (Wildman–Crippen LogP) is 3.28. The highest BCUT2D eigenvalue weighted by molar-refractivity contribution is 7.80. The number of hydrogen-bond donors (Lipinski definition) is 2. The van der Waals surface area contributed by atoms with E-state index in [0.717, 1.165) is 28.1 Å². The number of benzene rings is 1. The minimum atomic E-state index is 0.0903. The number of aromatic nitrogens is 2. The Balaban J connectivity index is 2.15. The molecule has 1 aromatic carbocycles. The van der Waals surface area contributed by atoms with Crippen LogP contribution in [0.25, 0.3) is 5.69 Å². The Morgan fingerprint density at radius 3 is 2.85 bits per heavy atom. The highest BCUT2D eigenvalue weighted by Gasteiger charge is 2.15. The third-order valence-corrected chi connectivity index (χ3v) is 4.37. The Morgan fingerprint density at radius 1 is 1.42 bits per heavy atom. The van der Waals surface area contributed by atoms with Crippen LogP contribution >= 0.6 is 23.8 Å². The number of nitrogens with zero attached hydrogens (tertiary/aromatic N) is 3. The second-order valence-electron chi connectivity index (χ2n) is 6.19. The van der Waals surface area contributed by atoms with Crippen molar-refractivity contribution in [2.75, 3.05) is 13.7 Å². The number of aryl methyl sites for hydroxylation is 3. The van der Waals surface area contributed by atoms with E-state index < -0.39 is 0 Å². The zero-order chi connectivity index (χ0) is 19.3. The number of hydrazone groups is 1. The van der Waals surface area contributed by atoms with Crippen molar-refractivity contribution >= 4 is 35.1 Å². The molecule has 2 N–H and O–H groups in total. The molecule has 0 unspecified atom stereocenters. The molecular weight excluding hydrogens is 370 g/mol. The first-order valence-corrected chi connectivity index (χ1v) is 9.03. The van der Waals surface area contributed by atoms with Gasteiger partial charge in [0.15, 0.2) is 5.11 Å². The van der Waals surface area contributed by atoms with Gasteiger partial charge in [-0.1, -0.05) is 23.7 Å². The molecule has 26 heavy (non-hydrogen) atoms. The summed E-state index contributed by atoms with van der Waals surface area (Å²) in [7, 11) is 1.64. The van der Waals surface area contributed by atoms with Gasteiger partial charge in [0, 0.05) is 13.2 Å². The largest absolute Gasteiger partial charge is 0.383 e. The Morgan fingerprint density at radius 2 is 2.15 bits per heavy atom. The average Bonchev–Trinajstić information content (AvgIpc) is 2.85. The van der Waals surface area contributed by atoms with Crippen LogP contribution in [0.4, 0.5) is 0 Å². The summed E-state index contributed by atoms with van der Waals surface area (Å²) in [6.07, 6.45) is 1.63. The fourth-order valence-corrected chi connectivity index (χ4v) is 3.04. The molecule has 8 heteroatoms. The van der Waals surface area contributed by atoms with E-state index in [1.54, 1.807) is 18.0 Å². The maximum Gasteiger partial charge on any atom is 0.187 e. The summed E-state index contributed by atoms with van der Waals surface area (Å²) < 4.78 is 6.79. The van der Waals surface area contributed by atoms with E-state index in [1.165, 1.54) is 0 Å². The lowest BCUT2D eigenvalue weighted by Crippen LogP contribution is -2.40. The maximum absolute atomic E-state index is 6.55. The molecule has 0 saturated heterocycles. The summed E-state index contributed by atoms with van der Waals surface area (Å²) in [6, 6.07) is 6.27. The quantitative estimate of drug-likeness (QED) is 0.448. The highest BCUT2D eigenvalue weighted by atomic mass is 35.5. The molecule has 0 amide bonds. The first-order chi connectivity index (χ1) is 12.3. The van der Waals surface area contributed by atoms with Crippen molar-refractivity contribution in [1.82, 2.24) is 20.5 Å². The molecule has 2 rings (SSSR count). The summed E-state index contributed by atoms with van der Waals surface area (Å²) in [5.74, 6) is 0. The van der Waals surface area contributed by atoms with Gasteiger partial charge in [-0.2, -0.15) is 10.2 Å². The summed E-state index contributed by atoms with van der Waals surface area (Å²) >= 11 is 11.7. The number of methoxy groups -OCH3 is 1. The SMILES string of the molecule is COC[C@H](C)NC(=S)N/N=C\c1c(C)nn(-c2cc(C)ccc2C)c1Cl. The Hall–Kier alpha value is -1.96. The summed E-state index contributed by atoms with van der Waals surface area (Å²) in [4.78, 5) is 0. The summed E-state index contributed by atoms with van der Waals surface area (Å²) in [6.45, 7) is 8.49. The molecule has 0 aliphatic heterocycles. The van der Waals surface area contributed by atoms with Crippen LogP contribution in [-0.4, -0.2) is 40.9 Å². The molecule has 1 heterocycles. The standard InChI is InChI=1S/C18H24ClN5OS/c1-11-6-7-12(2)16(8-11)24-17(19)15(14(4)23-24)9-20-22-18(26)21-13(3)10-25-5/h6-9,13H,10H2,1-5H3,(H2,21,22,26)/b20-9-/t13-/m0/s1. The Kier molecular flexibility index (Phi) is 7.14. The van der Waals surface area contributed by atoms with Crippen LogP contribution in [0.15, 0.2) is 23.3 Å². The van der Waals surface area contributed by atoms with E-state index in [0.29, 0.717) is 16.9 Å². The van der Waals surface area contributed by atoms with E-state index >= 15 is 0 Å². The number of nitrogens with one attached hydrogen (secondary N) is 2. The zero-order valence-corrected chi connectivity index (χ0v) is 17.2. The van der Waals surface area contributed by atoms with Crippen molar-refractivity contribution in [1.29, 1.82) is 0 Å². The minimum Gasteiger partial charge on any atom is -0.383 e. The third-order valence-electron chi connectivity index (χ3n) is 3.79. The van der Waals surface area contributed by atoms with Crippen LogP contribution in [0.3, 0.4) is 0 Å². The number of rotatable bonds is 6. The van der Waals surface area contributed by atoms with Gasteiger partial charge >= 0.3 is 0 Å². The van der Waals surface area contributed by atoms with Crippen LogP contribution in [0.1, 0.15) is 29.3 Å². The molecule has 0 aliphatic rings. The summed E-state index contributed by atoms with van der Waals surface area (Å²) in [5, 5.41) is 12.7. The smallest absolute Gasteiger partial charge is 0.187 e. The molecule has 6 nitrogen and oxygen atoms in total. The normalized spacial score (nSPS) is 12.4. The first kappa shape index (κ1) is 20.4. The van der Waals surface area contributed by atoms with Gasteiger partial charge in [0.05, 0.1) is 29.8 Å². The molecule has 1 aromatic heterocycles. The van der Waals surface area contributed by atoms with E-state index in [1.807, 2.05) is 27.7 Å². The fourth-order valence-electron chi connectivity index (χ4n) is 2.47. The lowest BCUT2D eigenvalue weighted by atomic mass is 10.1. The van der Waals surface area contributed by atoms with Crippen molar-refractivity contribution < 1.29 is 4.74 Å². The van der Waals surface area contributed by atoms with Crippen LogP contribution in [0.2, 0.25) is 5.15 Å². The minimum absolute atomic E-state index is 0.0903. The summed E-state index contributed by atoms with van der Waals surface area (Å²) in [5.41, 5.74) is 7.51. The van der Waals surface area contributed by atoms with Crippen LogP contribution in [0.5, 0.6) is 0 Å². The van der Waals surface area contributed by atoms with Crippen LogP contribution in [0, 0.1) is 20.8 Å². The van der Waals surface area contributed by atoms with Gasteiger partial charge < -0.3 is 10.1 Å². The number of halogens is 1. The van der Waals surface area contributed by atoms with Crippen molar-refractivity contribution in [3.8, 4) is 5.69 Å². The monoisotopic (exact) mass is 393 g/mol. The van der Waals surface area contributed by atoms with Gasteiger partial charge in [-0.25, -0.2) is 4.68 Å². The highest BCUT2D eigenvalue weighted by Crippen LogP contribution is 2.24. The Bertz CT molecular complexity index is 818. The van der Waals surface area contributed by atoms with Crippen molar-refractivity contribution in [3.05, 3.63) is 45.7 Å². The lowest BCUT2D eigenvalue weighted by Gasteiger charge is -2.13. The second kappa shape index (κ2) is 9.12. The maximum atomic E-state index is 6.55. The molecule has 0 saturated carbocycles. The third kappa shape index (κ3) is 5.03. The molecule has 0 radical (unpaired) electrons. The van der Waals surface area contributed by atoms with Gasteiger partial charge in [-0.05, 0) is 57.1 Å². The van der Waals surface area contributed by atoms with Crippen LogP contribution in [-0.2, 0) is 4.74 Å². The van der Waals surface area contributed by atoms with Gasteiger partial charge in [0.25, 0.3) is 0 Å². The lowest BCUT2D eigenvalue weighted by molar-refractivity contribution is 0.179. The molecule has 0 spiro atoms. The van der Waals surface area contributed by atoms with E-state index in [2.05, 4.69) is 39.1 Å². The molecule has 0 fully saturated rings. The Labute approximate surface area is 164 Å². The fraction of sp³-hybridized carbons (Fsp3) is 0.389. The van der Waals surface area contributed by atoms with E-state index in [4.69, 9.17) is 28.6 Å². The van der Waals surface area contributed by atoms with Crippen molar-refractivity contribution in [2.24, 2.45) is 5.10 Å².